The number of Topliss-reactive ketones (excluding diaryl/α,β-unsaturated/α-hetero) is 1. The first-order valence-corrected chi connectivity index (χ1v) is 14.3. The Morgan fingerprint density at radius 1 is 1.19 bits per heavy atom. The molecule has 1 saturated heterocycles. The Morgan fingerprint density at radius 2 is 1.84 bits per heavy atom. The van der Waals surface area contributed by atoms with E-state index in [4.69, 9.17) is 0 Å². The molecule has 0 spiro atoms. The quantitative estimate of drug-likeness (QED) is 0.503. The number of nitrogens with zero attached hydrogens (tertiary/aromatic N) is 3. The normalized spacial score (nSPS) is 23.9. The minimum absolute atomic E-state index is 0.0318. The number of hydrogen-bond donors (Lipinski definition) is 0. The summed E-state index contributed by atoms with van der Waals surface area (Å²) in [7, 11) is -4.06. The molecule has 3 aliphatic rings. The van der Waals surface area contributed by atoms with E-state index >= 15 is 0 Å². The van der Waals surface area contributed by atoms with Crippen LogP contribution in [0.15, 0.2) is 35.4 Å². The summed E-state index contributed by atoms with van der Waals surface area (Å²) in [4.78, 5) is 32.1. The van der Waals surface area contributed by atoms with E-state index in [1.165, 1.54) is 23.5 Å². The fourth-order valence-corrected chi connectivity index (χ4v) is 7.47. The SMILES string of the molecule is Cc1ncc(-c2ccc(S(=O)(=O)[C@@H]3C[C@@H](C(=O)CC4(C#N)CC4)N(C(=O)C4(C(F)(F)F)CC4)C3)cc2)s1. The van der Waals surface area contributed by atoms with Gasteiger partial charge in [0.2, 0.25) is 5.91 Å². The number of amides is 1. The molecule has 0 N–H and O–H groups in total. The van der Waals surface area contributed by atoms with Crippen LogP contribution in [0.3, 0.4) is 0 Å². The number of ketones is 1. The van der Waals surface area contributed by atoms with Gasteiger partial charge >= 0.3 is 6.18 Å². The Morgan fingerprint density at radius 3 is 2.32 bits per heavy atom. The Kier molecular flexibility index (Phi) is 6.03. The minimum Gasteiger partial charge on any atom is -0.331 e. The topological polar surface area (TPSA) is 108 Å². The van der Waals surface area contributed by atoms with Crippen LogP contribution in [0.1, 0.15) is 43.5 Å². The van der Waals surface area contributed by atoms with Crippen molar-refractivity contribution in [1.82, 2.24) is 9.88 Å². The molecule has 37 heavy (non-hydrogen) atoms. The summed E-state index contributed by atoms with van der Waals surface area (Å²) in [5.74, 6) is -1.80. The van der Waals surface area contributed by atoms with E-state index in [9.17, 15) is 36.4 Å². The molecule has 2 aliphatic carbocycles. The second-order valence-electron chi connectivity index (χ2n) is 10.3. The van der Waals surface area contributed by atoms with Crippen molar-refractivity contribution in [2.24, 2.45) is 10.8 Å². The molecule has 1 amide bonds. The van der Waals surface area contributed by atoms with E-state index in [1.54, 1.807) is 18.3 Å². The molecular weight excluding hydrogens is 527 g/mol. The van der Waals surface area contributed by atoms with Gasteiger partial charge in [-0.2, -0.15) is 18.4 Å². The van der Waals surface area contributed by atoms with Crippen molar-refractivity contribution in [2.75, 3.05) is 6.54 Å². The van der Waals surface area contributed by atoms with Gasteiger partial charge in [-0.1, -0.05) is 12.1 Å². The number of sulfone groups is 1. The zero-order valence-electron chi connectivity index (χ0n) is 19.9. The first-order valence-electron chi connectivity index (χ1n) is 11.9. The lowest BCUT2D eigenvalue weighted by atomic mass is 9.95. The van der Waals surface area contributed by atoms with Gasteiger partial charge in [0.1, 0.15) is 5.41 Å². The minimum atomic E-state index is -4.79. The highest BCUT2D eigenvalue weighted by Crippen LogP contribution is 2.59. The zero-order chi connectivity index (χ0) is 26.8. The number of aryl methyl sites for hydroxylation is 1. The molecule has 1 aromatic heterocycles. The molecule has 2 saturated carbocycles. The number of nitriles is 1. The van der Waals surface area contributed by atoms with Gasteiger partial charge in [0, 0.05) is 19.2 Å². The molecule has 1 aliphatic heterocycles. The van der Waals surface area contributed by atoms with Crippen molar-refractivity contribution in [1.29, 1.82) is 5.26 Å². The van der Waals surface area contributed by atoms with Gasteiger partial charge in [-0.25, -0.2) is 13.4 Å². The predicted molar refractivity (Wildman–Crippen MR) is 128 cm³/mol. The van der Waals surface area contributed by atoms with Gasteiger partial charge in [0.25, 0.3) is 0 Å². The monoisotopic (exact) mass is 551 g/mol. The maximum Gasteiger partial charge on any atom is 0.403 e. The van der Waals surface area contributed by atoms with Crippen LogP contribution in [-0.4, -0.2) is 54.0 Å². The first kappa shape index (κ1) is 25.9. The number of hydrogen-bond acceptors (Lipinski definition) is 7. The molecule has 196 valence electrons. The molecule has 2 atom stereocenters. The van der Waals surface area contributed by atoms with Gasteiger partial charge in [0.05, 0.1) is 37.6 Å². The van der Waals surface area contributed by atoms with Crippen molar-refractivity contribution in [3.63, 3.8) is 0 Å². The molecule has 2 heterocycles. The molecule has 0 unspecified atom stereocenters. The smallest absolute Gasteiger partial charge is 0.331 e. The van der Waals surface area contributed by atoms with Crippen molar-refractivity contribution in [2.45, 2.75) is 67.8 Å². The third-order valence-corrected chi connectivity index (χ3v) is 10.8. The Bertz CT molecular complexity index is 1400. The predicted octanol–water partition coefficient (Wildman–Crippen LogP) is 4.47. The summed E-state index contributed by atoms with van der Waals surface area (Å²) in [6, 6.07) is 6.88. The number of rotatable bonds is 7. The van der Waals surface area contributed by atoms with Crippen molar-refractivity contribution in [3.8, 4) is 16.5 Å². The molecule has 7 nitrogen and oxygen atoms in total. The number of alkyl halides is 3. The lowest BCUT2D eigenvalue weighted by Gasteiger charge is -2.29. The summed E-state index contributed by atoms with van der Waals surface area (Å²) in [6.45, 7) is 1.36. The summed E-state index contributed by atoms with van der Waals surface area (Å²) >= 11 is 1.45. The maximum absolute atomic E-state index is 13.7. The average Bonchev–Trinajstić information content (AvgIpc) is 3.73. The molecule has 2 aromatic rings. The van der Waals surface area contributed by atoms with E-state index in [0.717, 1.165) is 20.3 Å². The van der Waals surface area contributed by atoms with E-state index in [-0.39, 0.29) is 30.6 Å². The van der Waals surface area contributed by atoms with Crippen molar-refractivity contribution < 1.29 is 31.2 Å². The van der Waals surface area contributed by atoms with Gasteiger partial charge in [0.15, 0.2) is 15.6 Å². The number of carbonyl (C=O) groups is 2. The van der Waals surface area contributed by atoms with E-state index in [1.807, 2.05) is 6.92 Å². The number of thiazole rings is 1. The Labute approximate surface area is 216 Å². The molecule has 3 fully saturated rings. The molecule has 0 bridgehead atoms. The second-order valence-corrected chi connectivity index (χ2v) is 13.7. The summed E-state index contributed by atoms with van der Waals surface area (Å²) in [5, 5.41) is 9.00. The highest BCUT2D eigenvalue weighted by Gasteiger charge is 2.70. The third-order valence-electron chi connectivity index (χ3n) is 7.73. The molecule has 0 radical (unpaired) electrons. The number of halogens is 3. The third kappa shape index (κ3) is 4.46. The first-order chi connectivity index (χ1) is 17.3. The molecular formula is C25H24F3N3O4S2. The van der Waals surface area contributed by atoms with E-state index < -0.39 is 56.4 Å². The van der Waals surface area contributed by atoms with Crippen LogP contribution >= 0.6 is 11.3 Å². The highest BCUT2D eigenvalue weighted by atomic mass is 32.2. The number of carbonyl (C=O) groups excluding carboxylic acids is 2. The van der Waals surface area contributed by atoms with E-state index in [0.29, 0.717) is 12.8 Å². The van der Waals surface area contributed by atoms with Crippen molar-refractivity contribution >= 4 is 32.9 Å². The van der Waals surface area contributed by atoms with Crippen LogP contribution in [0, 0.1) is 29.1 Å². The van der Waals surface area contributed by atoms with Crippen molar-refractivity contribution in [3.05, 3.63) is 35.5 Å². The maximum atomic E-state index is 13.7. The Hall–Kier alpha value is -2.78. The molecule has 1 aromatic carbocycles. The average molecular weight is 552 g/mol. The number of aromatic nitrogens is 1. The fraction of sp³-hybridized carbons (Fsp3) is 0.520. The largest absolute Gasteiger partial charge is 0.403 e. The van der Waals surface area contributed by atoms with Crippen LogP contribution < -0.4 is 0 Å². The van der Waals surface area contributed by atoms with Gasteiger partial charge in [-0.15, -0.1) is 11.3 Å². The second kappa shape index (κ2) is 8.63. The van der Waals surface area contributed by atoms with Crippen LogP contribution in [0.2, 0.25) is 0 Å². The zero-order valence-corrected chi connectivity index (χ0v) is 21.5. The molecule has 12 heteroatoms. The fourth-order valence-electron chi connectivity index (χ4n) is 5.00. The van der Waals surface area contributed by atoms with Gasteiger partial charge < -0.3 is 4.90 Å². The van der Waals surface area contributed by atoms with Gasteiger partial charge in [-0.3, -0.25) is 9.59 Å². The van der Waals surface area contributed by atoms with Crippen LogP contribution in [-0.2, 0) is 19.4 Å². The van der Waals surface area contributed by atoms with Crippen LogP contribution in [0.4, 0.5) is 13.2 Å². The van der Waals surface area contributed by atoms with Gasteiger partial charge in [-0.05, 0) is 56.7 Å². The van der Waals surface area contributed by atoms with Crippen LogP contribution in [0.5, 0.6) is 0 Å². The summed E-state index contributed by atoms with van der Waals surface area (Å²) < 4.78 is 68.2. The highest BCUT2D eigenvalue weighted by molar-refractivity contribution is 7.92. The Balaban J connectivity index is 1.42. The summed E-state index contributed by atoms with van der Waals surface area (Å²) in [6.07, 6.45) is -3.38. The lowest BCUT2D eigenvalue weighted by molar-refractivity contribution is -0.199. The van der Waals surface area contributed by atoms with E-state index in [2.05, 4.69) is 11.1 Å². The molecule has 5 rings (SSSR count). The van der Waals surface area contributed by atoms with Crippen LogP contribution in [0.25, 0.3) is 10.4 Å². The number of likely N-dealkylation sites (tertiary alicyclic amines) is 1. The number of benzene rings is 1. The lowest BCUT2D eigenvalue weighted by Crippen LogP contribution is -2.49. The standard InChI is InChI=1S/C25H24F3N3O4S2/c1-15-30-12-21(36-15)16-2-4-17(5-3-16)37(34,35)18-10-19(20(32)11-23(14-29)6-7-23)31(13-18)22(33)24(8-9-24)25(26,27)28/h2-5,12,18-19H,6-11,13H2,1H3/t18-,19+/m1/s1. The summed E-state index contributed by atoms with van der Waals surface area (Å²) in [5.41, 5.74) is -2.66.